The molecule has 0 saturated heterocycles. The summed E-state index contributed by atoms with van der Waals surface area (Å²) in [6.07, 6.45) is 5.47. The molecule has 1 nitrogen and oxygen atoms in total. The van der Waals surface area contributed by atoms with Gasteiger partial charge in [-0.25, -0.2) is 0 Å². The lowest BCUT2D eigenvalue weighted by molar-refractivity contribution is -0.0756. The van der Waals surface area contributed by atoms with Gasteiger partial charge in [-0.2, -0.15) is 0 Å². The minimum atomic E-state index is -0.503. The monoisotopic (exact) mass is 182 g/mol. The predicted molar refractivity (Wildman–Crippen MR) is 56.6 cm³/mol. The normalized spacial score (nSPS) is 22.8. The summed E-state index contributed by atoms with van der Waals surface area (Å²) in [6, 6.07) is 0. The van der Waals surface area contributed by atoms with Crippen molar-refractivity contribution in [2.75, 3.05) is 0 Å². The number of rotatable bonds is 2. The molecule has 0 heterocycles. The predicted octanol–water partition coefficient (Wildman–Crippen LogP) is 3.28. The Kier molecular flexibility index (Phi) is 2.86. The lowest BCUT2D eigenvalue weighted by atomic mass is 9.64. The smallest absolute Gasteiger partial charge is 0.0735 e. The number of aliphatic hydroxyl groups is 1. The highest BCUT2D eigenvalue weighted by atomic mass is 16.3. The fourth-order valence-electron chi connectivity index (χ4n) is 2.16. The van der Waals surface area contributed by atoms with E-state index in [1.165, 1.54) is 6.42 Å². The van der Waals surface area contributed by atoms with Crippen LogP contribution in [-0.2, 0) is 0 Å². The molecule has 0 bridgehead atoms. The summed E-state index contributed by atoms with van der Waals surface area (Å²) in [5.41, 5.74) is 0.460. The Morgan fingerprint density at radius 2 is 1.69 bits per heavy atom. The molecule has 1 heteroatoms. The van der Waals surface area contributed by atoms with Crippen molar-refractivity contribution in [3.8, 4) is 0 Å². The van der Waals surface area contributed by atoms with Crippen LogP contribution < -0.4 is 0 Å². The quantitative estimate of drug-likeness (QED) is 0.650. The van der Waals surface area contributed by atoms with Gasteiger partial charge < -0.3 is 5.11 Å². The molecule has 76 valence electrons. The van der Waals surface area contributed by atoms with Crippen molar-refractivity contribution in [3.05, 3.63) is 12.2 Å². The van der Waals surface area contributed by atoms with Crippen LogP contribution in [0.1, 0.15) is 52.9 Å². The summed E-state index contributed by atoms with van der Waals surface area (Å²) in [4.78, 5) is 0. The first-order valence-electron chi connectivity index (χ1n) is 5.28. The van der Waals surface area contributed by atoms with Gasteiger partial charge in [0.2, 0.25) is 0 Å². The molecule has 0 amide bonds. The van der Waals surface area contributed by atoms with Crippen LogP contribution >= 0.6 is 0 Å². The SMILES string of the molecule is C=C(C)C(C)(C)C1(O)CCCCC1. The maximum Gasteiger partial charge on any atom is 0.0735 e. The molecule has 1 aliphatic rings. The van der Waals surface area contributed by atoms with E-state index in [1.807, 2.05) is 6.92 Å². The Hall–Kier alpha value is -0.300. The lowest BCUT2D eigenvalue weighted by Crippen LogP contribution is -2.46. The molecule has 0 aliphatic heterocycles. The van der Waals surface area contributed by atoms with E-state index < -0.39 is 5.60 Å². The van der Waals surface area contributed by atoms with Gasteiger partial charge in [0.1, 0.15) is 0 Å². The molecule has 1 aliphatic carbocycles. The molecule has 13 heavy (non-hydrogen) atoms. The first kappa shape index (κ1) is 10.8. The standard InChI is InChI=1S/C12H22O/c1-10(2)11(3,4)12(13)8-6-5-7-9-12/h13H,1,5-9H2,2-4H3. The van der Waals surface area contributed by atoms with Crippen molar-refractivity contribution in [2.24, 2.45) is 5.41 Å². The summed E-state index contributed by atoms with van der Waals surface area (Å²) in [5.74, 6) is 0. The highest BCUT2D eigenvalue weighted by Gasteiger charge is 2.44. The second-order valence-electron chi connectivity index (χ2n) is 5.00. The van der Waals surface area contributed by atoms with Gasteiger partial charge in [-0.1, -0.05) is 45.3 Å². The molecular formula is C12H22O. The van der Waals surface area contributed by atoms with Crippen LogP contribution in [0.4, 0.5) is 0 Å². The van der Waals surface area contributed by atoms with E-state index in [2.05, 4.69) is 20.4 Å². The molecule has 0 unspecified atom stereocenters. The van der Waals surface area contributed by atoms with E-state index in [0.717, 1.165) is 31.3 Å². The molecule has 0 aromatic carbocycles. The molecule has 1 saturated carbocycles. The van der Waals surface area contributed by atoms with Crippen molar-refractivity contribution in [1.29, 1.82) is 0 Å². The molecule has 0 spiro atoms. The molecule has 0 radical (unpaired) electrons. The zero-order valence-corrected chi connectivity index (χ0v) is 9.19. The van der Waals surface area contributed by atoms with E-state index in [1.54, 1.807) is 0 Å². The van der Waals surface area contributed by atoms with Gasteiger partial charge in [-0.05, 0) is 19.8 Å². The third-order valence-corrected chi connectivity index (χ3v) is 3.91. The fraction of sp³-hybridized carbons (Fsp3) is 0.833. The van der Waals surface area contributed by atoms with Gasteiger partial charge in [0.05, 0.1) is 5.60 Å². The summed E-state index contributed by atoms with van der Waals surface area (Å²) >= 11 is 0. The molecule has 1 fully saturated rings. The summed E-state index contributed by atoms with van der Waals surface area (Å²) in [6.45, 7) is 10.2. The average Bonchev–Trinajstić information content (AvgIpc) is 2.05. The Morgan fingerprint density at radius 3 is 2.08 bits per heavy atom. The molecule has 0 aromatic rings. The van der Waals surface area contributed by atoms with Crippen molar-refractivity contribution in [2.45, 2.75) is 58.5 Å². The molecular weight excluding hydrogens is 160 g/mol. The van der Waals surface area contributed by atoms with Crippen molar-refractivity contribution in [1.82, 2.24) is 0 Å². The van der Waals surface area contributed by atoms with Crippen LogP contribution in [0.5, 0.6) is 0 Å². The van der Waals surface area contributed by atoms with Crippen LogP contribution in [-0.4, -0.2) is 10.7 Å². The van der Waals surface area contributed by atoms with Crippen molar-refractivity contribution < 1.29 is 5.11 Å². The van der Waals surface area contributed by atoms with Gasteiger partial charge in [-0.15, -0.1) is 0 Å². The van der Waals surface area contributed by atoms with Gasteiger partial charge in [-0.3, -0.25) is 0 Å². The van der Waals surface area contributed by atoms with Crippen LogP contribution in [0.2, 0.25) is 0 Å². The Labute approximate surface area is 81.9 Å². The maximum absolute atomic E-state index is 10.5. The first-order chi connectivity index (χ1) is 5.90. The minimum absolute atomic E-state index is 0.132. The zero-order valence-electron chi connectivity index (χ0n) is 9.19. The highest BCUT2D eigenvalue weighted by Crippen LogP contribution is 2.45. The largest absolute Gasteiger partial charge is 0.389 e. The van der Waals surface area contributed by atoms with E-state index in [4.69, 9.17) is 0 Å². The van der Waals surface area contributed by atoms with Crippen molar-refractivity contribution in [3.63, 3.8) is 0 Å². The van der Waals surface area contributed by atoms with Crippen molar-refractivity contribution >= 4 is 0 Å². The molecule has 1 rings (SSSR count). The van der Waals surface area contributed by atoms with Gasteiger partial charge in [0, 0.05) is 5.41 Å². The Morgan fingerprint density at radius 1 is 1.23 bits per heavy atom. The lowest BCUT2D eigenvalue weighted by Gasteiger charge is -2.46. The fourth-order valence-corrected chi connectivity index (χ4v) is 2.16. The van der Waals surface area contributed by atoms with E-state index >= 15 is 0 Å². The average molecular weight is 182 g/mol. The minimum Gasteiger partial charge on any atom is -0.389 e. The molecule has 0 atom stereocenters. The zero-order chi connectivity index (χ0) is 10.1. The molecule has 0 aromatic heterocycles. The van der Waals surface area contributed by atoms with Crippen LogP contribution in [0.15, 0.2) is 12.2 Å². The van der Waals surface area contributed by atoms with Crippen LogP contribution in [0.25, 0.3) is 0 Å². The van der Waals surface area contributed by atoms with E-state index in [9.17, 15) is 5.11 Å². The molecule has 1 N–H and O–H groups in total. The topological polar surface area (TPSA) is 20.2 Å². The van der Waals surface area contributed by atoms with Gasteiger partial charge in [0.25, 0.3) is 0 Å². The summed E-state index contributed by atoms with van der Waals surface area (Å²) in [7, 11) is 0. The van der Waals surface area contributed by atoms with Crippen LogP contribution in [0, 0.1) is 5.41 Å². The third-order valence-electron chi connectivity index (χ3n) is 3.91. The second-order valence-corrected chi connectivity index (χ2v) is 5.00. The number of hydrogen-bond acceptors (Lipinski definition) is 1. The maximum atomic E-state index is 10.5. The third kappa shape index (κ3) is 1.80. The number of hydrogen-bond donors (Lipinski definition) is 1. The van der Waals surface area contributed by atoms with Gasteiger partial charge in [0.15, 0.2) is 0 Å². The Bertz CT molecular complexity index is 197. The second kappa shape index (κ2) is 3.45. The van der Waals surface area contributed by atoms with Gasteiger partial charge >= 0.3 is 0 Å². The van der Waals surface area contributed by atoms with Crippen LogP contribution in [0.3, 0.4) is 0 Å². The van der Waals surface area contributed by atoms with E-state index in [0.29, 0.717) is 0 Å². The highest BCUT2D eigenvalue weighted by molar-refractivity contribution is 5.13. The summed E-state index contributed by atoms with van der Waals surface area (Å²) < 4.78 is 0. The Balaban J connectivity index is 2.82. The first-order valence-corrected chi connectivity index (χ1v) is 5.28. The van der Waals surface area contributed by atoms with E-state index in [-0.39, 0.29) is 5.41 Å². The summed E-state index contributed by atoms with van der Waals surface area (Å²) in [5, 5.41) is 10.5.